The molecule has 9 heteroatoms. The first-order chi connectivity index (χ1) is 10.2. The van der Waals surface area contributed by atoms with E-state index in [0.29, 0.717) is 11.5 Å². The molecule has 3 N–H and O–H groups in total. The maximum absolute atomic E-state index is 13.9. The number of nitrogens with zero attached hydrogens (tertiary/aromatic N) is 4. The van der Waals surface area contributed by atoms with Crippen LogP contribution in [0, 0.1) is 18.2 Å². The molecule has 0 aliphatic carbocycles. The number of aryl methyl sites for hydroxylation is 1. The van der Waals surface area contributed by atoms with Crippen molar-refractivity contribution in [3.63, 3.8) is 0 Å². The monoisotopic (exact) mass is 342 g/mol. The molecule has 1 heterocycles. The quantitative estimate of drug-likeness (QED) is 0.886. The van der Waals surface area contributed by atoms with Gasteiger partial charge < -0.3 is 11.1 Å². The lowest BCUT2D eigenvalue weighted by atomic mass is 9.87. The Balaban J connectivity index is 0.00000264. The molecular formula is C14H20ClFN6O. The van der Waals surface area contributed by atoms with E-state index in [-0.39, 0.29) is 29.4 Å². The zero-order valence-corrected chi connectivity index (χ0v) is 14.2. The highest BCUT2D eigenvalue weighted by atomic mass is 35.5. The minimum atomic E-state index is -0.684. The van der Waals surface area contributed by atoms with Gasteiger partial charge in [-0.3, -0.25) is 4.79 Å². The standard InChI is InChI=1S/C14H19FN6O.ClH/c1-8-18-19-20-21(8)11-7-9(5-6-10(11)15)17-13(22)12(16)14(2,3)4;/h5-7,12H,16H2,1-4H3,(H,17,22);1H/t12-;/m1./s1. The van der Waals surface area contributed by atoms with Crippen LogP contribution in [-0.4, -0.2) is 32.2 Å². The molecule has 126 valence electrons. The Hall–Kier alpha value is -2.06. The first kappa shape index (κ1) is 19.0. The summed E-state index contributed by atoms with van der Waals surface area (Å²) in [5.74, 6) is -0.388. The SMILES string of the molecule is Cc1nnnn1-c1cc(NC(=O)[C@@H](N)C(C)(C)C)ccc1F.Cl. The molecule has 0 saturated heterocycles. The van der Waals surface area contributed by atoms with Crippen LogP contribution in [0.15, 0.2) is 18.2 Å². The minimum Gasteiger partial charge on any atom is -0.325 e. The Morgan fingerprint density at radius 3 is 2.57 bits per heavy atom. The summed E-state index contributed by atoms with van der Waals surface area (Å²) in [6.45, 7) is 7.27. The van der Waals surface area contributed by atoms with E-state index >= 15 is 0 Å². The van der Waals surface area contributed by atoms with Crippen molar-refractivity contribution in [2.75, 3.05) is 5.32 Å². The number of aromatic nitrogens is 4. The van der Waals surface area contributed by atoms with Crippen molar-refractivity contribution in [2.24, 2.45) is 11.1 Å². The molecule has 1 aromatic carbocycles. The number of anilines is 1. The van der Waals surface area contributed by atoms with Crippen molar-refractivity contribution in [3.05, 3.63) is 29.8 Å². The second-order valence-corrected chi connectivity index (χ2v) is 6.14. The number of nitrogens with one attached hydrogen (secondary N) is 1. The summed E-state index contributed by atoms with van der Waals surface area (Å²) < 4.78 is 15.2. The van der Waals surface area contributed by atoms with Crippen LogP contribution in [0.2, 0.25) is 0 Å². The number of tetrazole rings is 1. The van der Waals surface area contributed by atoms with Crippen molar-refractivity contribution in [3.8, 4) is 5.69 Å². The average Bonchev–Trinajstić information content (AvgIpc) is 2.85. The largest absolute Gasteiger partial charge is 0.325 e. The van der Waals surface area contributed by atoms with Gasteiger partial charge in [0, 0.05) is 5.69 Å². The van der Waals surface area contributed by atoms with Crippen LogP contribution < -0.4 is 11.1 Å². The maximum atomic E-state index is 13.9. The van der Waals surface area contributed by atoms with Gasteiger partial charge in [-0.15, -0.1) is 17.5 Å². The minimum absolute atomic E-state index is 0. The number of hydrogen-bond donors (Lipinski definition) is 2. The third-order valence-electron chi connectivity index (χ3n) is 3.28. The van der Waals surface area contributed by atoms with Gasteiger partial charge in [0.15, 0.2) is 5.82 Å². The Bertz CT molecular complexity index is 697. The number of amides is 1. The number of carbonyl (C=O) groups is 1. The molecule has 0 saturated carbocycles. The highest BCUT2D eigenvalue weighted by molar-refractivity contribution is 5.95. The normalized spacial score (nSPS) is 12.4. The molecule has 0 unspecified atom stereocenters. The van der Waals surface area contributed by atoms with Gasteiger partial charge in [-0.2, -0.15) is 4.68 Å². The summed E-state index contributed by atoms with van der Waals surface area (Å²) in [5.41, 5.74) is 6.11. The Morgan fingerprint density at radius 1 is 1.39 bits per heavy atom. The predicted molar refractivity (Wildman–Crippen MR) is 87.2 cm³/mol. The van der Waals surface area contributed by atoms with Crippen LogP contribution in [0.1, 0.15) is 26.6 Å². The highest BCUT2D eigenvalue weighted by Crippen LogP contribution is 2.21. The summed E-state index contributed by atoms with van der Waals surface area (Å²) in [4.78, 5) is 12.1. The Labute approximate surface area is 139 Å². The van der Waals surface area contributed by atoms with Crippen molar-refractivity contribution >= 4 is 24.0 Å². The number of rotatable bonds is 3. The molecule has 0 aliphatic rings. The van der Waals surface area contributed by atoms with Crippen LogP contribution in [0.3, 0.4) is 0 Å². The van der Waals surface area contributed by atoms with E-state index in [1.165, 1.54) is 22.9 Å². The first-order valence-corrected chi connectivity index (χ1v) is 6.81. The van der Waals surface area contributed by atoms with E-state index in [1.807, 2.05) is 20.8 Å². The van der Waals surface area contributed by atoms with Crippen molar-refractivity contribution in [1.29, 1.82) is 0 Å². The third kappa shape index (κ3) is 4.23. The molecule has 0 aliphatic heterocycles. The Kier molecular flexibility index (Phi) is 5.79. The molecule has 0 radical (unpaired) electrons. The van der Waals surface area contributed by atoms with Crippen molar-refractivity contribution in [2.45, 2.75) is 33.7 Å². The summed E-state index contributed by atoms with van der Waals surface area (Å²) in [6, 6.07) is 3.49. The molecule has 7 nitrogen and oxygen atoms in total. The van der Waals surface area contributed by atoms with E-state index in [0.717, 1.165) is 0 Å². The van der Waals surface area contributed by atoms with Crippen LogP contribution >= 0.6 is 12.4 Å². The van der Waals surface area contributed by atoms with Gasteiger partial charge in [0.05, 0.1) is 6.04 Å². The topological polar surface area (TPSA) is 98.7 Å². The fourth-order valence-corrected chi connectivity index (χ4v) is 1.82. The molecular weight excluding hydrogens is 323 g/mol. The number of hydrogen-bond acceptors (Lipinski definition) is 5. The smallest absolute Gasteiger partial charge is 0.241 e. The van der Waals surface area contributed by atoms with Gasteiger partial charge in [0.25, 0.3) is 0 Å². The predicted octanol–water partition coefficient (Wildman–Crippen LogP) is 1.84. The second-order valence-electron chi connectivity index (χ2n) is 6.14. The number of halogens is 2. The molecule has 1 amide bonds. The van der Waals surface area contributed by atoms with Crippen LogP contribution in [0.5, 0.6) is 0 Å². The summed E-state index contributed by atoms with van der Waals surface area (Å²) in [7, 11) is 0. The van der Waals surface area contributed by atoms with E-state index in [9.17, 15) is 9.18 Å². The Morgan fingerprint density at radius 2 is 2.04 bits per heavy atom. The van der Waals surface area contributed by atoms with Gasteiger partial charge >= 0.3 is 0 Å². The maximum Gasteiger partial charge on any atom is 0.241 e. The van der Waals surface area contributed by atoms with Gasteiger partial charge in [-0.25, -0.2) is 4.39 Å². The summed E-state index contributed by atoms with van der Waals surface area (Å²) in [5, 5.41) is 13.6. The fraction of sp³-hybridized carbons (Fsp3) is 0.429. The zero-order chi connectivity index (χ0) is 16.5. The van der Waals surface area contributed by atoms with E-state index in [2.05, 4.69) is 20.8 Å². The van der Waals surface area contributed by atoms with Crippen LogP contribution in [0.25, 0.3) is 5.69 Å². The molecule has 0 fully saturated rings. The lowest BCUT2D eigenvalue weighted by Gasteiger charge is -2.25. The molecule has 2 rings (SSSR count). The van der Waals surface area contributed by atoms with Crippen molar-refractivity contribution in [1.82, 2.24) is 20.2 Å². The van der Waals surface area contributed by atoms with Gasteiger partial charge in [0.2, 0.25) is 5.91 Å². The number of benzene rings is 1. The molecule has 23 heavy (non-hydrogen) atoms. The molecule has 1 aromatic heterocycles. The van der Waals surface area contributed by atoms with Gasteiger partial charge in [-0.05, 0) is 41.0 Å². The first-order valence-electron chi connectivity index (χ1n) is 6.81. The highest BCUT2D eigenvalue weighted by Gasteiger charge is 2.27. The summed E-state index contributed by atoms with van der Waals surface area (Å²) in [6.07, 6.45) is 0. The lowest BCUT2D eigenvalue weighted by molar-refractivity contribution is -0.119. The number of carbonyl (C=O) groups excluding carboxylic acids is 1. The summed E-state index contributed by atoms with van der Waals surface area (Å²) >= 11 is 0. The van der Waals surface area contributed by atoms with Gasteiger partial charge in [-0.1, -0.05) is 20.8 Å². The molecule has 0 spiro atoms. The second kappa shape index (κ2) is 7.01. The number of nitrogens with two attached hydrogens (primary N) is 1. The lowest BCUT2D eigenvalue weighted by Crippen LogP contribution is -2.45. The van der Waals surface area contributed by atoms with E-state index < -0.39 is 11.9 Å². The fourth-order valence-electron chi connectivity index (χ4n) is 1.82. The molecule has 0 bridgehead atoms. The van der Waals surface area contributed by atoms with Crippen molar-refractivity contribution < 1.29 is 9.18 Å². The van der Waals surface area contributed by atoms with Crippen LogP contribution in [-0.2, 0) is 4.79 Å². The molecule has 1 atom stereocenters. The zero-order valence-electron chi connectivity index (χ0n) is 13.4. The van der Waals surface area contributed by atoms with E-state index in [1.54, 1.807) is 6.92 Å². The van der Waals surface area contributed by atoms with E-state index in [4.69, 9.17) is 5.73 Å². The van der Waals surface area contributed by atoms with Gasteiger partial charge in [0.1, 0.15) is 11.5 Å². The average molecular weight is 343 g/mol. The molecule has 2 aromatic rings. The third-order valence-corrected chi connectivity index (χ3v) is 3.28. The van der Waals surface area contributed by atoms with Crippen LogP contribution in [0.4, 0.5) is 10.1 Å².